The zero-order valence-corrected chi connectivity index (χ0v) is 18.5. The van der Waals surface area contributed by atoms with E-state index in [2.05, 4.69) is 26.6 Å². The molecule has 3 rings (SSSR count). The number of hydrogen-bond donors (Lipinski definition) is 0. The molecule has 148 valence electrons. The second kappa shape index (κ2) is 9.18. The molecule has 0 saturated carbocycles. The molecule has 0 aliphatic heterocycles. The monoisotopic (exact) mass is 436 g/mol. The van der Waals surface area contributed by atoms with Crippen LogP contribution in [0, 0.1) is 0 Å². The van der Waals surface area contributed by atoms with Crippen LogP contribution in [0.4, 0.5) is 0 Å². The molecule has 1 heterocycles. The summed E-state index contributed by atoms with van der Waals surface area (Å²) in [7, 11) is 5.70. The quantitative estimate of drug-likeness (QED) is 0.457. The summed E-state index contributed by atoms with van der Waals surface area (Å²) < 4.78 is 7.53. The number of methoxy groups -OCH3 is 1. The van der Waals surface area contributed by atoms with Crippen LogP contribution >= 0.6 is 35.0 Å². The van der Waals surface area contributed by atoms with Crippen molar-refractivity contribution >= 4 is 35.0 Å². The van der Waals surface area contributed by atoms with E-state index >= 15 is 0 Å². The van der Waals surface area contributed by atoms with Gasteiger partial charge in [-0.3, -0.25) is 9.47 Å². The van der Waals surface area contributed by atoms with Gasteiger partial charge in [-0.15, -0.1) is 10.2 Å². The van der Waals surface area contributed by atoms with E-state index in [-0.39, 0.29) is 6.04 Å². The van der Waals surface area contributed by atoms with Crippen LogP contribution in [-0.4, -0.2) is 40.9 Å². The van der Waals surface area contributed by atoms with Gasteiger partial charge in [-0.1, -0.05) is 35.0 Å². The van der Waals surface area contributed by atoms with Crippen LogP contribution in [-0.2, 0) is 5.75 Å². The van der Waals surface area contributed by atoms with Gasteiger partial charge >= 0.3 is 0 Å². The van der Waals surface area contributed by atoms with E-state index in [0.29, 0.717) is 15.8 Å². The summed E-state index contributed by atoms with van der Waals surface area (Å²) in [6.45, 7) is 2.10. The SMILES string of the molecule is COc1ccc(Cl)cc1CSc1nnc(C(C)N(C)C)n1-c1ccc(Cl)cc1. The van der Waals surface area contributed by atoms with Crippen molar-refractivity contribution in [2.24, 2.45) is 0 Å². The highest BCUT2D eigenvalue weighted by molar-refractivity contribution is 7.98. The second-order valence-corrected chi connectivity index (χ2v) is 8.35. The fourth-order valence-corrected chi connectivity index (χ4v) is 3.97. The minimum atomic E-state index is 0.0956. The molecule has 3 aromatic rings. The number of halogens is 2. The molecule has 0 aliphatic carbocycles. The Hall–Kier alpha value is -1.73. The third-order valence-electron chi connectivity index (χ3n) is 4.49. The Balaban J connectivity index is 1.97. The lowest BCUT2D eigenvalue weighted by Crippen LogP contribution is -2.20. The Labute approximate surface area is 179 Å². The highest BCUT2D eigenvalue weighted by atomic mass is 35.5. The predicted molar refractivity (Wildman–Crippen MR) is 116 cm³/mol. The number of nitrogens with zero attached hydrogens (tertiary/aromatic N) is 4. The van der Waals surface area contributed by atoms with E-state index in [0.717, 1.165) is 28.0 Å². The first-order valence-electron chi connectivity index (χ1n) is 8.73. The molecule has 0 saturated heterocycles. The largest absolute Gasteiger partial charge is 0.496 e. The van der Waals surface area contributed by atoms with Gasteiger partial charge in [0.25, 0.3) is 0 Å². The van der Waals surface area contributed by atoms with Crippen molar-refractivity contribution < 1.29 is 4.74 Å². The third kappa shape index (κ3) is 4.63. The smallest absolute Gasteiger partial charge is 0.196 e. The van der Waals surface area contributed by atoms with Gasteiger partial charge in [0.2, 0.25) is 0 Å². The van der Waals surface area contributed by atoms with Gasteiger partial charge in [0, 0.05) is 27.0 Å². The van der Waals surface area contributed by atoms with E-state index in [4.69, 9.17) is 27.9 Å². The van der Waals surface area contributed by atoms with Crippen LogP contribution in [0.25, 0.3) is 5.69 Å². The molecule has 0 N–H and O–H groups in total. The summed E-state index contributed by atoms with van der Waals surface area (Å²) in [5, 5.41) is 11.1. The van der Waals surface area contributed by atoms with Crippen molar-refractivity contribution in [2.45, 2.75) is 23.9 Å². The van der Waals surface area contributed by atoms with E-state index in [1.54, 1.807) is 18.9 Å². The molecule has 28 heavy (non-hydrogen) atoms. The Bertz CT molecular complexity index is 944. The van der Waals surface area contributed by atoms with Crippen LogP contribution < -0.4 is 4.74 Å². The third-order valence-corrected chi connectivity index (χ3v) is 5.96. The lowest BCUT2D eigenvalue weighted by molar-refractivity contribution is 0.305. The molecule has 0 amide bonds. The molecule has 1 atom stereocenters. The lowest BCUT2D eigenvalue weighted by Gasteiger charge is -2.20. The standard InChI is InChI=1S/C20H22Cl2N4OS/c1-13(25(2)3)19-23-24-20(26(19)17-8-5-15(21)6-9-17)28-12-14-11-16(22)7-10-18(14)27-4/h5-11,13H,12H2,1-4H3. The van der Waals surface area contributed by atoms with E-state index < -0.39 is 0 Å². The van der Waals surface area contributed by atoms with Crippen LogP contribution in [0.15, 0.2) is 47.6 Å². The lowest BCUT2D eigenvalue weighted by atomic mass is 10.2. The molecule has 1 aromatic heterocycles. The highest BCUT2D eigenvalue weighted by Gasteiger charge is 2.21. The summed E-state index contributed by atoms with van der Waals surface area (Å²) in [5.41, 5.74) is 1.98. The molecule has 0 radical (unpaired) electrons. The summed E-state index contributed by atoms with van der Waals surface area (Å²) in [6.07, 6.45) is 0. The van der Waals surface area contributed by atoms with Crippen LogP contribution in [0.3, 0.4) is 0 Å². The van der Waals surface area contributed by atoms with E-state index in [1.807, 2.05) is 56.6 Å². The maximum Gasteiger partial charge on any atom is 0.196 e. The van der Waals surface area contributed by atoms with Crippen LogP contribution in [0.1, 0.15) is 24.4 Å². The Morgan fingerprint density at radius 2 is 1.75 bits per heavy atom. The summed E-state index contributed by atoms with van der Waals surface area (Å²) in [4.78, 5) is 2.10. The molecule has 1 unspecified atom stereocenters. The summed E-state index contributed by atoms with van der Waals surface area (Å²) in [6, 6.07) is 13.4. The topological polar surface area (TPSA) is 43.2 Å². The highest BCUT2D eigenvalue weighted by Crippen LogP contribution is 2.32. The molecule has 8 heteroatoms. The van der Waals surface area contributed by atoms with Gasteiger partial charge in [0.1, 0.15) is 5.75 Å². The molecule has 2 aromatic carbocycles. The van der Waals surface area contributed by atoms with E-state index in [9.17, 15) is 0 Å². The number of hydrogen-bond acceptors (Lipinski definition) is 5. The number of aromatic nitrogens is 3. The van der Waals surface area contributed by atoms with Gasteiger partial charge in [0.15, 0.2) is 11.0 Å². The van der Waals surface area contributed by atoms with Crippen LogP contribution in [0.2, 0.25) is 10.0 Å². The second-order valence-electron chi connectivity index (χ2n) is 6.54. The summed E-state index contributed by atoms with van der Waals surface area (Å²) >= 11 is 13.8. The van der Waals surface area contributed by atoms with Gasteiger partial charge in [-0.05, 0) is 63.5 Å². The van der Waals surface area contributed by atoms with Gasteiger partial charge < -0.3 is 4.74 Å². The van der Waals surface area contributed by atoms with Gasteiger partial charge in [-0.25, -0.2) is 0 Å². The first-order chi connectivity index (χ1) is 13.4. The van der Waals surface area contributed by atoms with Crippen molar-refractivity contribution in [3.63, 3.8) is 0 Å². The van der Waals surface area contributed by atoms with Crippen LogP contribution in [0.5, 0.6) is 5.75 Å². The van der Waals surface area contributed by atoms with E-state index in [1.165, 1.54) is 0 Å². The van der Waals surface area contributed by atoms with Gasteiger partial charge in [-0.2, -0.15) is 0 Å². The van der Waals surface area contributed by atoms with Crippen molar-refractivity contribution in [3.8, 4) is 11.4 Å². The minimum Gasteiger partial charge on any atom is -0.496 e. The number of thioether (sulfide) groups is 1. The average molecular weight is 437 g/mol. The molecule has 0 aliphatic rings. The van der Waals surface area contributed by atoms with Crippen molar-refractivity contribution in [2.75, 3.05) is 21.2 Å². The maximum absolute atomic E-state index is 6.16. The Morgan fingerprint density at radius 1 is 1.07 bits per heavy atom. The molecule has 0 spiro atoms. The molecular formula is C20H22Cl2N4OS. The van der Waals surface area contributed by atoms with Crippen molar-refractivity contribution in [1.29, 1.82) is 0 Å². The average Bonchev–Trinajstić information content (AvgIpc) is 3.10. The predicted octanol–water partition coefficient (Wildman–Crippen LogP) is 5.50. The van der Waals surface area contributed by atoms with Crippen molar-refractivity contribution in [3.05, 3.63) is 63.9 Å². The Morgan fingerprint density at radius 3 is 2.39 bits per heavy atom. The normalized spacial score (nSPS) is 12.4. The molecular weight excluding hydrogens is 415 g/mol. The summed E-state index contributed by atoms with van der Waals surface area (Å²) in [5.74, 6) is 2.33. The fraction of sp³-hybridized carbons (Fsp3) is 0.300. The fourth-order valence-electron chi connectivity index (χ4n) is 2.71. The number of benzene rings is 2. The zero-order chi connectivity index (χ0) is 20.3. The number of rotatable bonds is 7. The molecule has 5 nitrogen and oxygen atoms in total. The van der Waals surface area contributed by atoms with Crippen molar-refractivity contribution in [1.82, 2.24) is 19.7 Å². The first-order valence-corrected chi connectivity index (χ1v) is 10.5. The first kappa shape index (κ1) is 21.0. The molecule has 0 bridgehead atoms. The number of ether oxygens (including phenoxy) is 1. The van der Waals surface area contributed by atoms with Gasteiger partial charge in [0.05, 0.1) is 13.2 Å². The Kier molecular flexibility index (Phi) is 6.88. The minimum absolute atomic E-state index is 0.0956. The maximum atomic E-state index is 6.16. The zero-order valence-electron chi connectivity index (χ0n) is 16.2. The molecule has 0 fully saturated rings.